The molecule has 1 amide bonds. The lowest BCUT2D eigenvalue weighted by molar-refractivity contribution is 0.0722. The molecule has 0 aliphatic heterocycles. The number of methoxy groups -OCH3 is 2. The highest BCUT2D eigenvalue weighted by Gasteiger charge is 2.24. The number of rotatable bonds is 10. The largest absolute Gasteiger partial charge is 0.497 e. The molecular weight excluding hydrogens is 488 g/mol. The maximum absolute atomic E-state index is 14.1. The van der Waals surface area contributed by atoms with Crippen molar-refractivity contribution in [3.8, 4) is 28.4 Å². The molecule has 3 aromatic carbocycles. The first-order valence-electron chi connectivity index (χ1n) is 12.0. The van der Waals surface area contributed by atoms with E-state index in [9.17, 15) is 4.79 Å². The predicted molar refractivity (Wildman–Crippen MR) is 147 cm³/mol. The minimum atomic E-state index is -0.119. The number of aromatic nitrogens is 2. The van der Waals surface area contributed by atoms with Crippen molar-refractivity contribution < 1.29 is 14.3 Å². The standard InChI is InChI=1S/C29H31ClN4O3/c1-32(2)16-17-33(20-21-8-6-5-7-9-21)29(35)27-19-26(25-15-14-24(36-3)18-28(25)37-4)31-34(27)23-12-10-22(30)11-13-23/h5-15,18-19H,16-17,20H2,1-4H3. The van der Waals surface area contributed by atoms with Crippen LogP contribution in [0, 0.1) is 0 Å². The van der Waals surface area contributed by atoms with E-state index in [1.54, 1.807) is 37.1 Å². The van der Waals surface area contributed by atoms with Gasteiger partial charge in [-0.3, -0.25) is 4.79 Å². The molecule has 4 rings (SSSR count). The van der Waals surface area contributed by atoms with E-state index in [1.807, 2.05) is 79.7 Å². The molecule has 192 valence electrons. The fourth-order valence-corrected chi connectivity index (χ4v) is 4.12. The molecule has 0 fully saturated rings. The molecular formula is C29H31ClN4O3. The van der Waals surface area contributed by atoms with Crippen molar-refractivity contribution in [3.63, 3.8) is 0 Å². The molecule has 0 N–H and O–H groups in total. The van der Waals surface area contributed by atoms with Gasteiger partial charge in [0.25, 0.3) is 5.91 Å². The second-order valence-electron chi connectivity index (χ2n) is 8.88. The minimum Gasteiger partial charge on any atom is -0.497 e. The molecule has 4 aromatic rings. The van der Waals surface area contributed by atoms with Gasteiger partial charge in [-0.05, 0) is 62.1 Å². The van der Waals surface area contributed by atoms with E-state index < -0.39 is 0 Å². The van der Waals surface area contributed by atoms with Crippen molar-refractivity contribution in [2.24, 2.45) is 0 Å². The monoisotopic (exact) mass is 518 g/mol. The Bertz CT molecular complexity index is 1340. The zero-order chi connectivity index (χ0) is 26.4. The van der Waals surface area contributed by atoms with Crippen molar-refractivity contribution in [3.05, 3.63) is 95.1 Å². The van der Waals surface area contributed by atoms with Gasteiger partial charge in [0, 0.05) is 36.3 Å². The molecule has 0 radical (unpaired) electrons. The van der Waals surface area contributed by atoms with Crippen molar-refractivity contribution in [2.45, 2.75) is 6.54 Å². The maximum Gasteiger partial charge on any atom is 0.272 e. The summed E-state index contributed by atoms with van der Waals surface area (Å²) in [5.41, 5.74) is 3.62. The summed E-state index contributed by atoms with van der Waals surface area (Å²) in [4.78, 5) is 18.0. The fourth-order valence-electron chi connectivity index (χ4n) is 3.99. The van der Waals surface area contributed by atoms with Crippen LogP contribution in [0.25, 0.3) is 16.9 Å². The third-order valence-electron chi connectivity index (χ3n) is 6.00. The molecule has 37 heavy (non-hydrogen) atoms. The number of hydrogen-bond donors (Lipinski definition) is 0. The first-order valence-corrected chi connectivity index (χ1v) is 12.3. The zero-order valence-corrected chi connectivity index (χ0v) is 22.3. The van der Waals surface area contributed by atoms with Gasteiger partial charge in [0.2, 0.25) is 0 Å². The second kappa shape index (κ2) is 12.0. The predicted octanol–water partition coefficient (Wildman–Crippen LogP) is 5.41. The molecule has 1 heterocycles. The summed E-state index contributed by atoms with van der Waals surface area (Å²) in [6, 6.07) is 24.6. The van der Waals surface area contributed by atoms with Crippen LogP contribution in [-0.4, -0.2) is 66.9 Å². The molecule has 0 aliphatic rings. The van der Waals surface area contributed by atoms with Crippen molar-refractivity contribution in [2.75, 3.05) is 41.4 Å². The number of likely N-dealkylation sites (N-methyl/N-ethyl adjacent to an activating group) is 1. The molecule has 0 aliphatic carbocycles. The van der Waals surface area contributed by atoms with Gasteiger partial charge in [0.15, 0.2) is 0 Å². The Morgan fingerprint density at radius 3 is 2.30 bits per heavy atom. The van der Waals surface area contributed by atoms with Crippen molar-refractivity contribution >= 4 is 17.5 Å². The average Bonchev–Trinajstić information content (AvgIpc) is 3.36. The summed E-state index contributed by atoms with van der Waals surface area (Å²) in [7, 11) is 7.20. The van der Waals surface area contributed by atoms with Crippen LogP contribution in [0.2, 0.25) is 5.02 Å². The van der Waals surface area contributed by atoms with Crippen LogP contribution in [0.1, 0.15) is 16.1 Å². The van der Waals surface area contributed by atoms with Gasteiger partial charge in [-0.15, -0.1) is 0 Å². The number of carbonyl (C=O) groups excluding carboxylic acids is 1. The molecule has 1 aromatic heterocycles. The third kappa shape index (κ3) is 6.31. The molecule has 7 nitrogen and oxygen atoms in total. The first kappa shape index (κ1) is 26.3. The number of carbonyl (C=O) groups is 1. The summed E-state index contributed by atoms with van der Waals surface area (Å²) < 4.78 is 12.6. The van der Waals surface area contributed by atoms with Crippen LogP contribution in [0.15, 0.2) is 78.9 Å². The smallest absolute Gasteiger partial charge is 0.272 e. The highest BCUT2D eigenvalue weighted by Crippen LogP contribution is 2.34. The molecule has 0 saturated heterocycles. The van der Waals surface area contributed by atoms with Crippen molar-refractivity contribution in [1.82, 2.24) is 19.6 Å². The van der Waals surface area contributed by atoms with E-state index in [-0.39, 0.29) is 5.91 Å². The Hall–Kier alpha value is -3.81. The summed E-state index contributed by atoms with van der Waals surface area (Å²) in [6.45, 7) is 1.78. The third-order valence-corrected chi connectivity index (χ3v) is 6.26. The topological polar surface area (TPSA) is 59.8 Å². The van der Waals surface area contributed by atoms with Gasteiger partial charge in [0.1, 0.15) is 17.2 Å². The molecule has 0 bridgehead atoms. The fraction of sp³-hybridized carbons (Fsp3) is 0.241. The lowest BCUT2D eigenvalue weighted by atomic mass is 10.1. The van der Waals surface area contributed by atoms with E-state index in [1.165, 1.54) is 0 Å². The van der Waals surface area contributed by atoms with E-state index in [0.29, 0.717) is 41.0 Å². The van der Waals surface area contributed by atoms with E-state index in [4.69, 9.17) is 26.2 Å². The molecule has 0 atom stereocenters. The van der Waals surface area contributed by atoms with E-state index >= 15 is 0 Å². The SMILES string of the molecule is COc1ccc(-c2cc(C(=O)N(CCN(C)C)Cc3ccccc3)n(-c3ccc(Cl)cc3)n2)c(OC)c1. The summed E-state index contributed by atoms with van der Waals surface area (Å²) >= 11 is 6.14. The molecule has 0 spiro atoms. The van der Waals surface area contributed by atoms with E-state index in [2.05, 4.69) is 4.90 Å². The quantitative estimate of drug-likeness (QED) is 0.281. The van der Waals surface area contributed by atoms with Gasteiger partial charge >= 0.3 is 0 Å². The van der Waals surface area contributed by atoms with Gasteiger partial charge in [0.05, 0.1) is 25.6 Å². The van der Waals surface area contributed by atoms with Gasteiger partial charge in [-0.2, -0.15) is 5.10 Å². The minimum absolute atomic E-state index is 0.119. The van der Waals surface area contributed by atoms with Crippen LogP contribution < -0.4 is 9.47 Å². The Morgan fingerprint density at radius 2 is 1.65 bits per heavy atom. The lowest BCUT2D eigenvalue weighted by Gasteiger charge is -2.25. The lowest BCUT2D eigenvalue weighted by Crippen LogP contribution is -2.37. The van der Waals surface area contributed by atoms with Crippen LogP contribution in [-0.2, 0) is 6.54 Å². The molecule has 0 unspecified atom stereocenters. The zero-order valence-electron chi connectivity index (χ0n) is 21.5. The summed E-state index contributed by atoms with van der Waals surface area (Å²) in [5.74, 6) is 1.16. The Balaban J connectivity index is 1.80. The number of amides is 1. The Labute approximate surface area is 222 Å². The Morgan fingerprint density at radius 1 is 0.919 bits per heavy atom. The van der Waals surface area contributed by atoms with Crippen LogP contribution in [0.4, 0.5) is 0 Å². The summed E-state index contributed by atoms with van der Waals surface area (Å²) in [5, 5.41) is 5.45. The first-order chi connectivity index (χ1) is 17.9. The van der Waals surface area contributed by atoms with Crippen LogP contribution in [0.3, 0.4) is 0 Å². The number of halogens is 1. The van der Waals surface area contributed by atoms with Crippen molar-refractivity contribution in [1.29, 1.82) is 0 Å². The van der Waals surface area contributed by atoms with Crippen LogP contribution in [0.5, 0.6) is 11.5 Å². The molecule has 0 saturated carbocycles. The maximum atomic E-state index is 14.1. The van der Waals surface area contributed by atoms with Crippen LogP contribution >= 0.6 is 11.6 Å². The Kier molecular flexibility index (Phi) is 8.48. The number of ether oxygens (including phenoxy) is 2. The second-order valence-corrected chi connectivity index (χ2v) is 9.32. The van der Waals surface area contributed by atoms with Gasteiger partial charge in [-0.1, -0.05) is 41.9 Å². The average molecular weight is 519 g/mol. The molecule has 8 heteroatoms. The summed E-state index contributed by atoms with van der Waals surface area (Å²) in [6.07, 6.45) is 0. The van der Waals surface area contributed by atoms with Gasteiger partial charge in [-0.25, -0.2) is 4.68 Å². The normalized spacial score (nSPS) is 11.0. The number of benzene rings is 3. The number of hydrogen-bond acceptors (Lipinski definition) is 5. The van der Waals surface area contributed by atoms with Gasteiger partial charge < -0.3 is 19.3 Å². The highest BCUT2D eigenvalue weighted by atomic mass is 35.5. The highest BCUT2D eigenvalue weighted by molar-refractivity contribution is 6.30. The van der Waals surface area contributed by atoms with E-state index in [0.717, 1.165) is 23.4 Å². The number of nitrogens with zero attached hydrogens (tertiary/aromatic N) is 4.